The Balaban J connectivity index is 2.85. The first-order chi connectivity index (χ1) is 9.25. The van der Waals surface area contributed by atoms with Crippen molar-refractivity contribution < 1.29 is 18.3 Å². The van der Waals surface area contributed by atoms with Crippen LogP contribution in [0.1, 0.15) is 23.7 Å². The summed E-state index contributed by atoms with van der Waals surface area (Å²) in [4.78, 5) is 11.9. The summed E-state index contributed by atoms with van der Waals surface area (Å²) in [7, 11) is -3.47. The van der Waals surface area contributed by atoms with Crippen molar-refractivity contribution in [3.8, 4) is 0 Å². The maximum absolute atomic E-state index is 11.9. The minimum atomic E-state index is -3.47. The van der Waals surface area contributed by atoms with Gasteiger partial charge in [-0.05, 0) is 30.5 Å². The van der Waals surface area contributed by atoms with Gasteiger partial charge < -0.3 is 10.4 Å². The molecule has 112 valence electrons. The number of aliphatic hydroxyl groups excluding tert-OH is 1. The van der Waals surface area contributed by atoms with Gasteiger partial charge in [0.25, 0.3) is 5.91 Å². The lowest BCUT2D eigenvalue weighted by molar-refractivity contribution is 0.0945. The average Bonchev–Trinajstić information content (AvgIpc) is 2.35. The Morgan fingerprint density at radius 1 is 1.45 bits per heavy atom. The zero-order valence-electron chi connectivity index (χ0n) is 11.4. The largest absolute Gasteiger partial charge is 0.396 e. The van der Waals surface area contributed by atoms with Gasteiger partial charge >= 0.3 is 0 Å². The Morgan fingerprint density at radius 2 is 2.10 bits per heavy atom. The number of amides is 1. The molecule has 0 heterocycles. The quantitative estimate of drug-likeness (QED) is 0.832. The van der Waals surface area contributed by atoms with Gasteiger partial charge in [0.1, 0.15) is 0 Å². The van der Waals surface area contributed by atoms with E-state index in [2.05, 4.69) is 5.32 Å². The lowest BCUT2D eigenvalue weighted by Crippen LogP contribution is -2.28. The van der Waals surface area contributed by atoms with Gasteiger partial charge in [0, 0.05) is 25.0 Å². The molecule has 0 saturated carbocycles. The molecule has 1 aromatic rings. The molecule has 2 N–H and O–H groups in total. The van der Waals surface area contributed by atoms with Crippen LogP contribution < -0.4 is 5.32 Å². The van der Waals surface area contributed by atoms with Crippen molar-refractivity contribution in [3.05, 3.63) is 28.8 Å². The highest BCUT2D eigenvalue weighted by atomic mass is 35.5. The topological polar surface area (TPSA) is 83.5 Å². The van der Waals surface area contributed by atoms with E-state index in [9.17, 15) is 13.2 Å². The Hall–Kier alpha value is -1.11. The second-order valence-corrected chi connectivity index (χ2v) is 7.14. The molecule has 0 radical (unpaired) electrons. The van der Waals surface area contributed by atoms with Crippen LogP contribution in [0.25, 0.3) is 0 Å². The Morgan fingerprint density at radius 3 is 2.65 bits per heavy atom. The molecule has 1 rings (SSSR count). The SMILES string of the molecule is CC(CCO)CNC(=O)c1ccc(Cl)c(S(C)(=O)=O)c1. The molecular formula is C13H18ClNO4S. The summed E-state index contributed by atoms with van der Waals surface area (Å²) < 4.78 is 23.1. The number of carbonyl (C=O) groups excluding carboxylic acids is 1. The molecule has 5 nitrogen and oxygen atoms in total. The number of hydrogen-bond acceptors (Lipinski definition) is 4. The van der Waals surface area contributed by atoms with Crippen LogP contribution in [-0.2, 0) is 9.84 Å². The molecule has 0 bridgehead atoms. The Kier molecular flexibility index (Phi) is 5.98. The number of rotatable bonds is 6. The smallest absolute Gasteiger partial charge is 0.251 e. The molecule has 20 heavy (non-hydrogen) atoms. The summed E-state index contributed by atoms with van der Waals surface area (Å²) in [6, 6.07) is 4.14. The first kappa shape index (κ1) is 16.9. The molecule has 0 aromatic heterocycles. The van der Waals surface area contributed by atoms with Gasteiger partial charge in [-0.15, -0.1) is 0 Å². The predicted octanol–water partition coefficient (Wildman–Crippen LogP) is 1.49. The minimum Gasteiger partial charge on any atom is -0.396 e. The molecule has 7 heteroatoms. The number of sulfone groups is 1. The van der Waals surface area contributed by atoms with E-state index >= 15 is 0 Å². The summed E-state index contributed by atoms with van der Waals surface area (Å²) in [5, 5.41) is 11.6. The Bertz CT molecular complexity index is 586. The molecule has 1 atom stereocenters. The van der Waals surface area contributed by atoms with E-state index in [1.54, 1.807) is 0 Å². The highest BCUT2D eigenvalue weighted by Crippen LogP contribution is 2.22. The van der Waals surface area contributed by atoms with Crippen LogP contribution in [0.15, 0.2) is 23.1 Å². The third-order valence-corrected chi connectivity index (χ3v) is 4.40. The van der Waals surface area contributed by atoms with Crippen LogP contribution >= 0.6 is 11.6 Å². The zero-order valence-corrected chi connectivity index (χ0v) is 13.0. The van der Waals surface area contributed by atoms with Crippen molar-refractivity contribution >= 4 is 27.3 Å². The lowest BCUT2D eigenvalue weighted by atomic mass is 10.1. The van der Waals surface area contributed by atoms with Crippen LogP contribution in [0.5, 0.6) is 0 Å². The molecule has 1 unspecified atom stereocenters. The molecule has 0 aliphatic heterocycles. The minimum absolute atomic E-state index is 0.0600. The standard InChI is InChI=1S/C13H18ClNO4S/c1-9(5-6-16)8-15-13(17)10-3-4-11(14)12(7-10)20(2,18)19/h3-4,7,9,16H,5-6,8H2,1-2H3,(H,15,17). The second kappa shape index (κ2) is 7.06. The van der Waals surface area contributed by atoms with E-state index in [1.807, 2.05) is 6.92 Å². The fraction of sp³-hybridized carbons (Fsp3) is 0.462. The van der Waals surface area contributed by atoms with E-state index in [0.717, 1.165) is 6.26 Å². The van der Waals surface area contributed by atoms with Crippen molar-refractivity contribution in [1.82, 2.24) is 5.32 Å². The van der Waals surface area contributed by atoms with E-state index in [1.165, 1.54) is 18.2 Å². The second-order valence-electron chi connectivity index (χ2n) is 4.74. The molecule has 0 aliphatic rings. The first-order valence-corrected chi connectivity index (χ1v) is 8.41. The van der Waals surface area contributed by atoms with Crippen LogP contribution in [-0.4, -0.2) is 38.8 Å². The predicted molar refractivity (Wildman–Crippen MR) is 77.8 cm³/mol. The van der Waals surface area contributed by atoms with Crippen molar-refractivity contribution in [2.45, 2.75) is 18.2 Å². The highest BCUT2D eigenvalue weighted by molar-refractivity contribution is 7.90. The number of nitrogens with one attached hydrogen (secondary N) is 1. The van der Waals surface area contributed by atoms with Gasteiger partial charge in [0.15, 0.2) is 9.84 Å². The van der Waals surface area contributed by atoms with Crippen LogP contribution in [0.4, 0.5) is 0 Å². The fourth-order valence-electron chi connectivity index (χ4n) is 1.62. The molecule has 1 amide bonds. The van der Waals surface area contributed by atoms with Crippen LogP contribution in [0.3, 0.4) is 0 Å². The Labute approximate surface area is 123 Å². The van der Waals surface area contributed by atoms with Gasteiger partial charge in [-0.3, -0.25) is 4.79 Å². The van der Waals surface area contributed by atoms with E-state index in [0.29, 0.717) is 13.0 Å². The molecule has 1 aromatic carbocycles. The first-order valence-electron chi connectivity index (χ1n) is 6.14. The van der Waals surface area contributed by atoms with Gasteiger partial charge in [-0.2, -0.15) is 0 Å². The fourth-order valence-corrected chi connectivity index (χ4v) is 2.92. The molecule has 0 aliphatic carbocycles. The van der Waals surface area contributed by atoms with E-state index in [-0.39, 0.29) is 33.9 Å². The third-order valence-electron chi connectivity index (χ3n) is 2.83. The van der Waals surface area contributed by atoms with Crippen molar-refractivity contribution in [3.63, 3.8) is 0 Å². The summed E-state index contributed by atoms with van der Waals surface area (Å²) in [6.45, 7) is 2.38. The highest BCUT2D eigenvalue weighted by Gasteiger charge is 2.16. The average molecular weight is 320 g/mol. The number of hydrogen-bond donors (Lipinski definition) is 2. The maximum atomic E-state index is 11.9. The number of halogens is 1. The molecular weight excluding hydrogens is 302 g/mol. The van der Waals surface area contributed by atoms with Gasteiger partial charge in [-0.25, -0.2) is 8.42 Å². The van der Waals surface area contributed by atoms with Crippen molar-refractivity contribution in [2.24, 2.45) is 5.92 Å². The summed E-state index contributed by atoms with van der Waals surface area (Å²) >= 11 is 5.82. The normalized spacial score (nSPS) is 13.0. The zero-order chi connectivity index (χ0) is 15.3. The number of carbonyl (C=O) groups is 1. The van der Waals surface area contributed by atoms with Gasteiger partial charge in [0.05, 0.1) is 9.92 Å². The lowest BCUT2D eigenvalue weighted by Gasteiger charge is -2.12. The monoisotopic (exact) mass is 319 g/mol. The summed E-state index contributed by atoms with van der Waals surface area (Å²) in [6.07, 6.45) is 1.63. The van der Waals surface area contributed by atoms with E-state index < -0.39 is 9.84 Å². The van der Waals surface area contributed by atoms with Crippen LogP contribution in [0, 0.1) is 5.92 Å². The molecule has 0 spiro atoms. The van der Waals surface area contributed by atoms with Crippen LogP contribution in [0.2, 0.25) is 5.02 Å². The van der Waals surface area contributed by atoms with Crippen molar-refractivity contribution in [2.75, 3.05) is 19.4 Å². The summed E-state index contributed by atoms with van der Waals surface area (Å²) in [5.74, 6) is -0.220. The maximum Gasteiger partial charge on any atom is 0.251 e. The molecule has 0 fully saturated rings. The van der Waals surface area contributed by atoms with E-state index in [4.69, 9.17) is 16.7 Å². The molecule has 0 saturated heterocycles. The van der Waals surface area contributed by atoms with Crippen molar-refractivity contribution in [1.29, 1.82) is 0 Å². The third kappa shape index (κ3) is 4.77. The van der Waals surface area contributed by atoms with Gasteiger partial charge in [0.2, 0.25) is 0 Å². The summed E-state index contributed by atoms with van der Waals surface area (Å²) in [5.41, 5.74) is 0.242. The number of benzene rings is 1. The van der Waals surface area contributed by atoms with Gasteiger partial charge in [-0.1, -0.05) is 18.5 Å². The number of aliphatic hydroxyl groups is 1.